The van der Waals surface area contributed by atoms with E-state index in [1.165, 1.54) is 75.8 Å². The number of allylic oxidation sites excluding steroid dienone is 4. The van der Waals surface area contributed by atoms with Crippen molar-refractivity contribution in [1.29, 1.82) is 5.26 Å². The van der Waals surface area contributed by atoms with Crippen LogP contribution in [-0.2, 0) is 6.42 Å². The van der Waals surface area contributed by atoms with Crippen molar-refractivity contribution in [2.24, 2.45) is 17.8 Å². The molecule has 3 rings (SSSR count). The third-order valence-electron chi connectivity index (χ3n) is 7.31. The van der Waals surface area contributed by atoms with Crippen LogP contribution in [0.25, 0.3) is 0 Å². The smallest absolute Gasteiger partial charge is 0.195 e. The second-order valence-corrected chi connectivity index (χ2v) is 9.51. The van der Waals surface area contributed by atoms with Crippen LogP contribution in [0.3, 0.4) is 0 Å². The highest BCUT2D eigenvalue weighted by Gasteiger charge is 2.22. The van der Waals surface area contributed by atoms with Crippen molar-refractivity contribution in [1.82, 2.24) is 0 Å². The summed E-state index contributed by atoms with van der Waals surface area (Å²) >= 11 is 0. The van der Waals surface area contributed by atoms with Crippen molar-refractivity contribution in [3.05, 3.63) is 59.4 Å². The van der Waals surface area contributed by atoms with Crippen LogP contribution in [0.1, 0.15) is 94.6 Å². The molecule has 0 amide bonds. The molecular formula is C28H38FN. The van der Waals surface area contributed by atoms with Crippen molar-refractivity contribution < 1.29 is 4.39 Å². The molecule has 2 aliphatic carbocycles. The van der Waals surface area contributed by atoms with E-state index in [2.05, 4.69) is 43.3 Å². The van der Waals surface area contributed by atoms with Crippen molar-refractivity contribution in [2.45, 2.75) is 89.9 Å². The van der Waals surface area contributed by atoms with Crippen LogP contribution >= 0.6 is 0 Å². The molecule has 0 radical (unpaired) electrons. The normalized spacial score (nSPS) is 27.8. The molecule has 0 spiro atoms. The van der Waals surface area contributed by atoms with Gasteiger partial charge in [-0.15, -0.1) is 0 Å². The molecular weight excluding hydrogens is 369 g/mol. The first-order chi connectivity index (χ1) is 14.7. The Labute approximate surface area is 183 Å². The number of hydrogen-bond acceptors (Lipinski definition) is 1. The number of aryl methyl sites for hydroxylation is 1. The lowest BCUT2D eigenvalue weighted by atomic mass is 9.77. The molecule has 0 saturated heterocycles. The molecule has 0 N–H and O–H groups in total. The van der Waals surface area contributed by atoms with E-state index in [0.717, 1.165) is 24.2 Å². The first kappa shape index (κ1) is 22.8. The predicted octanol–water partition coefficient (Wildman–Crippen LogP) is 8.43. The SMILES string of the molecule is CCCc1ccc(C2CCC(C=CC3CCC(CCC=C(F)C#N)CC3)CC2)cc1. The minimum atomic E-state index is -0.630. The number of benzene rings is 1. The van der Waals surface area contributed by atoms with E-state index in [9.17, 15) is 4.39 Å². The van der Waals surface area contributed by atoms with Gasteiger partial charge in [0, 0.05) is 0 Å². The molecule has 2 fully saturated rings. The molecule has 2 aliphatic rings. The second kappa shape index (κ2) is 12.1. The second-order valence-electron chi connectivity index (χ2n) is 9.51. The average Bonchev–Trinajstić information content (AvgIpc) is 2.79. The summed E-state index contributed by atoms with van der Waals surface area (Å²) in [5.74, 6) is 2.32. The molecule has 162 valence electrons. The van der Waals surface area contributed by atoms with Gasteiger partial charge in [-0.25, -0.2) is 0 Å². The maximum absolute atomic E-state index is 12.9. The van der Waals surface area contributed by atoms with Gasteiger partial charge in [0.2, 0.25) is 0 Å². The lowest BCUT2D eigenvalue weighted by molar-refractivity contribution is 0.295. The molecule has 2 heteroatoms. The van der Waals surface area contributed by atoms with Crippen LogP contribution in [0.4, 0.5) is 4.39 Å². The van der Waals surface area contributed by atoms with E-state index in [1.807, 2.05) is 0 Å². The summed E-state index contributed by atoms with van der Waals surface area (Å²) in [4.78, 5) is 0. The first-order valence-corrected chi connectivity index (χ1v) is 12.2. The van der Waals surface area contributed by atoms with E-state index in [4.69, 9.17) is 5.26 Å². The van der Waals surface area contributed by atoms with E-state index in [1.54, 1.807) is 11.6 Å². The van der Waals surface area contributed by atoms with Crippen molar-refractivity contribution in [3.8, 4) is 6.07 Å². The number of nitriles is 1. The lowest BCUT2D eigenvalue weighted by Gasteiger charge is -2.29. The monoisotopic (exact) mass is 407 g/mol. The van der Waals surface area contributed by atoms with Gasteiger partial charge in [0.25, 0.3) is 0 Å². The van der Waals surface area contributed by atoms with E-state index >= 15 is 0 Å². The largest absolute Gasteiger partial charge is 0.196 e. The summed E-state index contributed by atoms with van der Waals surface area (Å²) in [5.41, 5.74) is 3.01. The Hall–Kier alpha value is -1.88. The fraction of sp³-hybridized carbons (Fsp3) is 0.607. The van der Waals surface area contributed by atoms with Gasteiger partial charge in [-0.1, -0.05) is 49.8 Å². The molecule has 0 unspecified atom stereocenters. The molecule has 0 aromatic heterocycles. The fourth-order valence-corrected chi connectivity index (χ4v) is 5.37. The fourth-order valence-electron chi connectivity index (χ4n) is 5.37. The van der Waals surface area contributed by atoms with Crippen LogP contribution in [0.2, 0.25) is 0 Å². The van der Waals surface area contributed by atoms with E-state index < -0.39 is 5.83 Å². The number of halogens is 1. The van der Waals surface area contributed by atoms with Crippen molar-refractivity contribution >= 4 is 0 Å². The average molecular weight is 408 g/mol. The third kappa shape index (κ3) is 7.12. The Balaban J connectivity index is 1.36. The lowest BCUT2D eigenvalue weighted by Crippen LogP contribution is -2.14. The minimum absolute atomic E-state index is 0.630. The van der Waals surface area contributed by atoms with Crippen LogP contribution in [0.5, 0.6) is 0 Å². The molecule has 1 aromatic rings. The molecule has 1 nitrogen and oxygen atoms in total. The molecule has 0 aliphatic heterocycles. The number of rotatable bonds is 8. The minimum Gasteiger partial charge on any atom is -0.195 e. The zero-order valence-electron chi connectivity index (χ0n) is 18.7. The summed E-state index contributed by atoms with van der Waals surface area (Å²) in [5, 5.41) is 8.47. The van der Waals surface area contributed by atoms with E-state index in [-0.39, 0.29) is 0 Å². The van der Waals surface area contributed by atoms with Gasteiger partial charge in [0.05, 0.1) is 0 Å². The van der Waals surface area contributed by atoms with Gasteiger partial charge in [0.1, 0.15) is 6.07 Å². The molecule has 0 atom stereocenters. The summed E-state index contributed by atoms with van der Waals surface area (Å²) < 4.78 is 12.9. The van der Waals surface area contributed by atoms with Gasteiger partial charge in [-0.2, -0.15) is 9.65 Å². The quantitative estimate of drug-likeness (QED) is 0.313. The third-order valence-corrected chi connectivity index (χ3v) is 7.31. The summed E-state index contributed by atoms with van der Waals surface area (Å²) in [6.45, 7) is 2.24. The zero-order chi connectivity index (χ0) is 21.2. The molecule has 0 heterocycles. The molecule has 0 bridgehead atoms. The standard InChI is InChI=1S/C28H38FN/c1-2-4-22-13-17-26(18-14-22)27-19-15-25(16-20-27)12-11-24-9-7-23(8-10-24)5-3-6-28(29)21-30/h6,11-14,17-18,23-25,27H,2-5,7-10,15-16,19-20H2,1H3. The van der Waals surface area contributed by atoms with Gasteiger partial charge >= 0.3 is 0 Å². The Kier molecular flexibility index (Phi) is 9.19. The Morgan fingerprint density at radius 3 is 2.13 bits per heavy atom. The van der Waals surface area contributed by atoms with Gasteiger partial charge in [0.15, 0.2) is 5.83 Å². The first-order valence-electron chi connectivity index (χ1n) is 12.2. The molecule has 1 aromatic carbocycles. The summed E-state index contributed by atoms with van der Waals surface area (Å²) in [6, 6.07) is 11.0. The molecule has 2 saturated carbocycles. The van der Waals surface area contributed by atoms with E-state index in [0.29, 0.717) is 12.3 Å². The zero-order valence-corrected chi connectivity index (χ0v) is 18.7. The van der Waals surface area contributed by atoms with Crippen LogP contribution < -0.4 is 0 Å². The van der Waals surface area contributed by atoms with Crippen LogP contribution in [0, 0.1) is 29.1 Å². The van der Waals surface area contributed by atoms with Crippen molar-refractivity contribution in [3.63, 3.8) is 0 Å². The Bertz CT molecular complexity index is 723. The highest BCUT2D eigenvalue weighted by Crippen LogP contribution is 2.38. The molecule has 30 heavy (non-hydrogen) atoms. The maximum Gasteiger partial charge on any atom is 0.196 e. The van der Waals surface area contributed by atoms with Gasteiger partial charge < -0.3 is 0 Å². The Morgan fingerprint density at radius 1 is 0.967 bits per heavy atom. The highest BCUT2D eigenvalue weighted by atomic mass is 19.1. The Morgan fingerprint density at radius 2 is 1.57 bits per heavy atom. The van der Waals surface area contributed by atoms with Gasteiger partial charge in [-0.3, -0.25) is 0 Å². The van der Waals surface area contributed by atoms with Crippen LogP contribution in [-0.4, -0.2) is 0 Å². The summed E-state index contributed by atoms with van der Waals surface area (Å²) in [7, 11) is 0. The maximum atomic E-state index is 12.9. The van der Waals surface area contributed by atoms with Crippen molar-refractivity contribution in [2.75, 3.05) is 0 Å². The predicted molar refractivity (Wildman–Crippen MR) is 124 cm³/mol. The number of hydrogen-bond donors (Lipinski definition) is 0. The summed E-state index contributed by atoms with van der Waals surface area (Å²) in [6.07, 6.45) is 20.9. The highest BCUT2D eigenvalue weighted by molar-refractivity contribution is 5.26. The topological polar surface area (TPSA) is 23.8 Å². The number of nitrogens with zero attached hydrogens (tertiary/aromatic N) is 1. The van der Waals surface area contributed by atoms with Gasteiger partial charge in [-0.05, 0) is 112 Å². The van der Waals surface area contributed by atoms with Crippen LogP contribution in [0.15, 0.2) is 48.3 Å².